The van der Waals surface area contributed by atoms with Crippen molar-refractivity contribution in [3.05, 3.63) is 65.3 Å². The number of aromatic nitrogens is 3. The number of carbonyl (C=O) groups excluding carboxylic acids is 1. The molecule has 9 heteroatoms. The number of ether oxygens (including phenoxy) is 1. The zero-order chi connectivity index (χ0) is 24.6. The smallest absolute Gasteiger partial charge is 0.286 e. The molecule has 2 atom stereocenters. The second kappa shape index (κ2) is 7.58. The number of rotatable bonds is 6. The average Bonchev–Trinajstić information content (AvgIpc) is 3.25. The Morgan fingerprint density at radius 1 is 1.26 bits per heavy atom. The molecule has 0 unspecified atom stereocenters. The average molecular weight is 500 g/mol. The number of pyridine rings is 1. The van der Waals surface area contributed by atoms with Gasteiger partial charge in [0.25, 0.3) is 5.92 Å². The van der Waals surface area contributed by atoms with Crippen molar-refractivity contribution in [3.8, 4) is 17.0 Å². The molecule has 2 aromatic heterocycles. The summed E-state index contributed by atoms with van der Waals surface area (Å²) in [6, 6.07) is 8.00. The Morgan fingerprint density at radius 3 is 2.71 bits per heavy atom. The lowest BCUT2D eigenvalue weighted by molar-refractivity contribution is -0.195. The van der Waals surface area contributed by atoms with Crippen molar-refractivity contribution in [2.24, 2.45) is 5.41 Å². The molecule has 3 saturated carbocycles. The van der Waals surface area contributed by atoms with E-state index in [9.17, 15) is 18.7 Å². The highest BCUT2D eigenvalue weighted by atomic mass is 35.5. The summed E-state index contributed by atoms with van der Waals surface area (Å²) in [5.74, 6) is -2.45. The summed E-state index contributed by atoms with van der Waals surface area (Å²) in [6.45, 7) is 0.824. The lowest BCUT2D eigenvalue weighted by Crippen LogP contribution is -2.68. The van der Waals surface area contributed by atoms with E-state index in [1.54, 1.807) is 30.6 Å². The van der Waals surface area contributed by atoms with Gasteiger partial charge in [-0.05, 0) is 55.0 Å². The van der Waals surface area contributed by atoms with Crippen LogP contribution >= 0.6 is 11.6 Å². The lowest BCUT2D eigenvalue weighted by Gasteiger charge is -2.71. The van der Waals surface area contributed by atoms with E-state index >= 15 is 0 Å². The number of fused-ring (bicyclic) bond motifs is 1. The molecule has 7 rings (SSSR count). The summed E-state index contributed by atoms with van der Waals surface area (Å²) in [5.41, 5.74) is 1.63. The van der Waals surface area contributed by atoms with Gasteiger partial charge in [-0.1, -0.05) is 11.6 Å². The number of imidazole rings is 1. The summed E-state index contributed by atoms with van der Waals surface area (Å²) in [6.07, 6.45) is 6.97. The number of Topliss-reactive ketones (excluding diaryl/α,β-unsaturated/α-hetero) is 1. The first-order valence-electron chi connectivity index (χ1n) is 11.6. The van der Waals surface area contributed by atoms with E-state index in [1.807, 2.05) is 6.20 Å². The van der Waals surface area contributed by atoms with Crippen molar-refractivity contribution < 1.29 is 23.4 Å². The van der Waals surface area contributed by atoms with Crippen LogP contribution in [-0.4, -0.2) is 31.5 Å². The van der Waals surface area contributed by atoms with Gasteiger partial charge in [-0.2, -0.15) is 8.78 Å². The van der Waals surface area contributed by atoms with Gasteiger partial charge in [0.05, 0.1) is 18.1 Å². The van der Waals surface area contributed by atoms with Gasteiger partial charge in [0.15, 0.2) is 11.9 Å². The second-order valence-electron chi connectivity index (χ2n) is 10.4. The maximum atomic E-state index is 13.4. The van der Waals surface area contributed by atoms with Gasteiger partial charge in [-0.3, -0.25) is 9.78 Å². The number of carbonyl (C=O) groups is 1. The molecule has 6 nitrogen and oxygen atoms in total. The SMILES string of the molecule is CC(F)(F)c1ccc(-c2cn(C34CC(CC(=O)[C@H]5C[C@@H](O)c6cc(Cl)ccc6O5)(C3)C4)cn2)cn1. The number of ketones is 1. The number of nitrogens with zero attached hydrogens (tertiary/aromatic N) is 3. The second-order valence-corrected chi connectivity index (χ2v) is 10.9. The normalized spacial score (nSPS) is 28.9. The lowest BCUT2D eigenvalue weighted by atomic mass is 9.38. The van der Waals surface area contributed by atoms with E-state index in [1.165, 1.54) is 12.3 Å². The zero-order valence-corrected chi connectivity index (χ0v) is 19.8. The van der Waals surface area contributed by atoms with Crippen LogP contribution in [0.15, 0.2) is 49.1 Å². The molecule has 3 aromatic rings. The number of benzene rings is 1. The van der Waals surface area contributed by atoms with E-state index in [-0.39, 0.29) is 28.9 Å². The number of aliphatic hydroxyl groups is 1. The minimum Gasteiger partial charge on any atom is -0.482 e. The molecule has 3 aliphatic carbocycles. The topological polar surface area (TPSA) is 77.2 Å². The Labute approximate surface area is 205 Å². The number of hydrogen-bond acceptors (Lipinski definition) is 5. The summed E-state index contributed by atoms with van der Waals surface area (Å²) < 4.78 is 34.8. The van der Waals surface area contributed by atoms with Crippen LogP contribution in [0.5, 0.6) is 5.75 Å². The van der Waals surface area contributed by atoms with Crippen molar-refractivity contribution in [1.82, 2.24) is 14.5 Å². The van der Waals surface area contributed by atoms with E-state index in [0.717, 1.165) is 26.2 Å². The highest BCUT2D eigenvalue weighted by Crippen LogP contribution is 2.73. The molecule has 0 radical (unpaired) electrons. The highest BCUT2D eigenvalue weighted by molar-refractivity contribution is 6.30. The summed E-state index contributed by atoms with van der Waals surface area (Å²) in [4.78, 5) is 21.4. The molecule has 182 valence electrons. The molecular formula is C26H24ClF2N3O3. The van der Waals surface area contributed by atoms with Crippen LogP contribution in [0.1, 0.15) is 56.4 Å². The molecule has 4 aliphatic rings. The van der Waals surface area contributed by atoms with Crippen LogP contribution in [-0.2, 0) is 16.3 Å². The fourth-order valence-electron chi connectivity index (χ4n) is 6.04. The van der Waals surface area contributed by atoms with E-state index < -0.39 is 18.1 Å². The van der Waals surface area contributed by atoms with Gasteiger partial charge in [-0.25, -0.2) is 4.98 Å². The van der Waals surface area contributed by atoms with Gasteiger partial charge in [0.2, 0.25) is 0 Å². The van der Waals surface area contributed by atoms with Gasteiger partial charge >= 0.3 is 0 Å². The van der Waals surface area contributed by atoms with Crippen molar-refractivity contribution >= 4 is 17.4 Å². The van der Waals surface area contributed by atoms with Crippen LogP contribution in [0.2, 0.25) is 5.02 Å². The molecule has 35 heavy (non-hydrogen) atoms. The third-order valence-corrected chi connectivity index (χ3v) is 7.93. The van der Waals surface area contributed by atoms with Crippen LogP contribution < -0.4 is 4.74 Å². The quantitative estimate of drug-likeness (QED) is 0.489. The third kappa shape index (κ3) is 3.74. The fraction of sp³-hybridized carbons (Fsp3) is 0.423. The van der Waals surface area contributed by atoms with Crippen molar-refractivity contribution in [2.75, 3.05) is 0 Å². The molecule has 1 N–H and O–H groups in total. The Morgan fingerprint density at radius 2 is 2.03 bits per heavy atom. The summed E-state index contributed by atoms with van der Waals surface area (Å²) in [5, 5.41) is 11.0. The van der Waals surface area contributed by atoms with Crippen LogP contribution in [0.4, 0.5) is 8.78 Å². The van der Waals surface area contributed by atoms with E-state index in [2.05, 4.69) is 14.5 Å². The molecule has 0 amide bonds. The van der Waals surface area contributed by atoms with Gasteiger partial charge in [-0.15, -0.1) is 0 Å². The predicted molar refractivity (Wildman–Crippen MR) is 124 cm³/mol. The van der Waals surface area contributed by atoms with Crippen molar-refractivity contribution in [3.63, 3.8) is 0 Å². The predicted octanol–water partition coefficient (Wildman–Crippen LogP) is 5.43. The monoisotopic (exact) mass is 499 g/mol. The molecule has 0 saturated heterocycles. The van der Waals surface area contributed by atoms with Crippen LogP contribution in [0.3, 0.4) is 0 Å². The first-order valence-corrected chi connectivity index (χ1v) is 12.0. The van der Waals surface area contributed by atoms with Crippen LogP contribution in [0.25, 0.3) is 11.3 Å². The first-order chi connectivity index (χ1) is 16.6. The van der Waals surface area contributed by atoms with Gasteiger partial charge in [0, 0.05) is 53.8 Å². The Hall–Kier alpha value is -2.84. The summed E-state index contributed by atoms with van der Waals surface area (Å²) in [7, 11) is 0. The van der Waals surface area contributed by atoms with E-state index in [0.29, 0.717) is 34.0 Å². The summed E-state index contributed by atoms with van der Waals surface area (Å²) >= 11 is 6.01. The molecule has 3 fully saturated rings. The molecule has 1 aliphatic heterocycles. The molecule has 1 aromatic carbocycles. The molecule has 2 bridgehead atoms. The first kappa shape index (κ1) is 22.6. The minimum atomic E-state index is -2.98. The standard InChI is InChI=1S/C26H24ClF2N3O3/c1-24(28,29)23-5-2-15(9-30-23)18-10-32(14-31-18)26-11-25(12-26,13-26)8-20(34)22-7-19(33)17-6-16(27)3-4-21(17)35-22/h2-6,9-10,14,19,22,33H,7-8,11-13H2,1H3/t19-,22-,25?,26?/m1/s1. The van der Waals surface area contributed by atoms with Crippen molar-refractivity contribution in [1.29, 1.82) is 0 Å². The molecular weight excluding hydrogens is 476 g/mol. The highest BCUT2D eigenvalue weighted by Gasteiger charge is 2.69. The Balaban J connectivity index is 1.09. The largest absolute Gasteiger partial charge is 0.482 e. The van der Waals surface area contributed by atoms with Crippen LogP contribution in [0, 0.1) is 5.41 Å². The number of aliphatic hydroxyl groups excluding tert-OH is 1. The van der Waals surface area contributed by atoms with E-state index in [4.69, 9.17) is 16.3 Å². The van der Waals surface area contributed by atoms with Crippen molar-refractivity contribution in [2.45, 2.75) is 62.7 Å². The third-order valence-electron chi connectivity index (χ3n) is 7.70. The maximum Gasteiger partial charge on any atom is 0.286 e. The van der Waals surface area contributed by atoms with Gasteiger partial charge in [0.1, 0.15) is 11.4 Å². The number of hydrogen-bond donors (Lipinski definition) is 1. The maximum absolute atomic E-state index is 13.4. The molecule has 0 spiro atoms. The number of halogens is 3. The molecule has 3 heterocycles. The Bertz CT molecular complexity index is 1300. The number of alkyl halides is 2. The Kier molecular flexibility index (Phi) is 4.90. The minimum absolute atomic E-state index is 0.0168. The zero-order valence-electron chi connectivity index (χ0n) is 19.0. The van der Waals surface area contributed by atoms with Gasteiger partial charge < -0.3 is 14.4 Å². The fourth-order valence-corrected chi connectivity index (χ4v) is 6.22.